The number of ether oxygens (including phenoxy) is 2. The van der Waals surface area contributed by atoms with Crippen LogP contribution >= 0.6 is 11.3 Å². The number of benzene rings is 1. The Hall–Kier alpha value is -4.13. The molecular formula is C17H14N6O6S. The van der Waals surface area contributed by atoms with Crippen molar-refractivity contribution in [2.75, 3.05) is 24.9 Å². The van der Waals surface area contributed by atoms with E-state index in [9.17, 15) is 19.7 Å². The predicted octanol–water partition coefficient (Wildman–Crippen LogP) is 2.90. The van der Waals surface area contributed by atoms with Gasteiger partial charge in [-0.15, -0.1) is 11.3 Å². The molecule has 2 N–H and O–H groups in total. The van der Waals surface area contributed by atoms with Crippen LogP contribution in [-0.4, -0.2) is 46.0 Å². The van der Waals surface area contributed by atoms with E-state index < -0.39 is 22.5 Å². The van der Waals surface area contributed by atoms with Crippen molar-refractivity contribution in [2.45, 2.75) is 0 Å². The fourth-order valence-electron chi connectivity index (χ4n) is 2.43. The van der Waals surface area contributed by atoms with Gasteiger partial charge >= 0.3 is 17.6 Å². The van der Waals surface area contributed by atoms with E-state index in [2.05, 4.69) is 35.1 Å². The van der Waals surface area contributed by atoms with Crippen LogP contribution in [0.15, 0.2) is 36.1 Å². The highest BCUT2D eigenvalue weighted by Crippen LogP contribution is 2.33. The first-order valence-electron chi connectivity index (χ1n) is 8.17. The summed E-state index contributed by atoms with van der Waals surface area (Å²) in [5, 5.41) is 19.3. The highest BCUT2D eigenvalue weighted by molar-refractivity contribution is 7.13. The third-order valence-electron chi connectivity index (χ3n) is 3.70. The Labute approximate surface area is 173 Å². The largest absolute Gasteiger partial charge is 0.465 e. The van der Waals surface area contributed by atoms with E-state index in [-0.39, 0.29) is 28.5 Å². The third-order valence-corrected chi connectivity index (χ3v) is 4.39. The van der Waals surface area contributed by atoms with Crippen molar-refractivity contribution in [3.63, 3.8) is 0 Å². The van der Waals surface area contributed by atoms with Crippen molar-refractivity contribution in [3.8, 4) is 0 Å². The molecule has 3 aromatic rings. The molecule has 0 unspecified atom stereocenters. The highest BCUT2D eigenvalue weighted by Gasteiger charge is 2.24. The van der Waals surface area contributed by atoms with Crippen LogP contribution in [0.3, 0.4) is 0 Å². The molecule has 0 aliphatic rings. The molecule has 0 bridgehead atoms. The second-order valence-corrected chi connectivity index (χ2v) is 6.44. The Morgan fingerprint density at radius 2 is 1.60 bits per heavy atom. The Kier molecular flexibility index (Phi) is 6.12. The van der Waals surface area contributed by atoms with Crippen molar-refractivity contribution in [1.29, 1.82) is 0 Å². The Bertz CT molecular complexity index is 1070. The molecule has 0 atom stereocenters. The molecule has 1 aromatic carbocycles. The van der Waals surface area contributed by atoms with Gasteiger partial charge in [0.1, 0.15) is 6.33 Å². The van der Waals surface area contributed by atoms with Gasteiger partial charge in [0.25, 0.3) is 0 Å². The van der Waals surface area contributed by atoms with Crippen LogP contribution in [0.5, 0.6) is 0 Å². The number of methoxy groups -OCH3 is 2. The topological polar surface area (TPSA) is 158 Å². The zero-order valence-corrected chi connectivity index (χ0v) is 16.4. The van der Waals surface area contributed by atoms with Crippen LogP contribution in [-0.2, 0) is 9.47 Å². The van der Waals surface area contributed by atoms with Crippen molar-refractivity contribution >= 4 is 51.4 Å². The van der Waals surface area contributed by atoms with Crippen molar-refractivity contribution < 1.29 is 24.0 Å². The summed E-state index contributed by atoms with van der Waals surface area (Å²) < 4.78 is 9.36. The van der Waals surface area contributed by atoms with Crippen molar-refractivity contribution in [2.24, 2.45) is 0 Å². The number of nitro groups is 1. The molecule has 12 nitrogen and oxygen atoms in total. The summed E-state index contributed by atoms with van der Waals surface area (Å²) in [6.45, 7) is 0. The Morgan fingerprint density at radius 3 is 2.10 bits per heavy atom. The van der Waals surface area contributed by atoms with Gasteiger partial charge in [-0.3, -0.25) is 10.1 Å². The molecule has 154 valence electrons. The lowest BCUT2D eigenvalue weighted by Crippen LogP contribution is -2.09. The maximum Gasteiger partial charge on any atom is 0.353 e. The van der Waals surface area contributed by atoms with Crippen LogP contribution in [0, 0.1) is 10.1 Å². The van der Waals surface area contributed by atoms with E-state index in [0.29, 0.717) is 5.13 Å². The van der Waals surface area contributed by atoms with Gasteiger partial charge in [0, 0.05) is 17.3 Å². The van der Waals surface area contributed by atoms with E-state index >= 15 is 0 Å². The van der Waals surface area contributed by atoms with Gasteiger partial charge in [-0.2, -0.15) is 0 Å². The average molecular weight is 430 g/mol. The number of carbonyl (C=O) groups excluding carboxylic acids is 2. The summed E-state index contributed by atoms with van der Waals surface area (Å²) in [4.78, 5) is 46.7. The van der Waals surface area contributed by atoms with Crippen molar-refractivity contribution in [3.05, 3.63) is 57.3 Å². The molecule has 0 saturated heterocycles. The maximum absolute atomic E-state index is 11.9. The molecular weight excluding hydrogens is 416 g/mol. The van der Waals surface area contributed by atoms with Gasteiger partial charge in [-0.25, -0.2) is 24.5 Å². The van der Waals surface area contributed by atoms with E-state index in [1.165, 1.54) is 50.0 Å². The molecule has 0 aliphatic heterocycles. The number of thiazole rings is 1. The summed E-state index contributed by atoms with van der Waals surface area (Å²) in [6, 6.07) is 4.00. The minimum absolute atomic E-state index is 0.0424. The van der Waals surface area contributed by atoms with Gasteiger partial charge in [0.05, 0.1) is 30.3 Å². The fraction of sp³-hybridized carbons (Fsp3) is 0.118. The minimum Gasteiger partial charge on any atom is -0.465 e. The van der Waals surface area contributed by atoms with Crippen molar-refractivity contribution in [1.82, 2.24) is 15.0 Å². The number of hydrogen-bond acceptors (Lipinski definition) is 12. The SMILES string of the molecule is COC(=O)c1cc(Nc2ncnc(Nc3nccs3)c2[N+](=O)[O-])cc(C(=O)OC)c1. The molecule has 13 heteroatoms. The number of nitrogens with zero attached hydrogens (tertiary/aromatic N) is 4. The van der Waals surface area contributed by atoms with Gasteiger partial charge in [-0.1, -0.05) is 0 Å². The van der Waals surface area contributed by atoms with Crippen LogP contribution in [0.1, 0.15) is 20.7 Å². The van der Waals surface area contributed by atoms with Crippen LogP contribution in [0.4, 0.5) is 28.1 Å². The van der Waals surface area contributed by atoms with Gasteiger partial charge in [0.15, 0.2) is 5.13 Å². The number of anilines is 4. The first-order chi connectivity index (χ1) is 14.4. The summed E-state index contributed by atoms with van der Waals surface area (Å²) in [6.07, 6.45) is 2.66. The van der Waals surface area contributed by atoms with E-state index in [0.717, 1.165) is 6.33 Å². The number of aromatic nitrogens is 3. The zero-order chi connectivity index (χ0) is 21.7. The van der Waals surface area contributed by atoms with Gasteiger partial charge < -0.3 is 20.1 Å². The monoisotopic (exact) mass is 430 g/mol. The first-order valence-corrected chi connectivity index (χ1v) is 9.05. The van der Waals surface area contributed by atoms with E-state index in [4.69, 9.17) is 0 Å². The molecule has 2 aromatic heterocycles. The Balaban J connectivity index is 2.04. The molecule has 0 spiro atoms. The molecule has 2 heterocycles. The van der Waals surface area contributed by atoms with Gasteiger partial charge in [-0.05, 0) is 18.2 Å². The summed E-state index contributed by atoms with van der Waals surface area (Å²) in [5.41, 5.74) is -0.183. The van der Waals surface area contributed by atoms with Crippen LogP contribution in [0.2, 0.25) is 0 Å². The quantitative estimate of drug-likeness (QED) is 0.322. The number of carbonyl (C=O) groups is 2. The lowest BCUT2D eigenvalue weighted by atomic mass is 10.1. The number of nitrogens with one attached hydrogen (secondary N) is 2. The molecule has 0 saturated carbocycles. The fourth-order valence-corrected chi connectivity index (χ4v) is 2.96. The number of esters is 2. The lowest BCUT2D eigenvalue weighted by Gasteiger charge is -2.11. The van der Waals surface area contributed by atoms with E-state index in [1.807, 2.05) is 0 Å². The number of hydrogen-bond donors (Lipinski definition) is 2. The molecule has 30 heavy (non-hydrogen) atoms. The maximum atomic E-state index is 11.9. The molecule has 0 fully saturated rings. The highest BCUT2D eigenvalue weighted by atomic mass is 32.1. The molecule has 0 radical (unpaired) electrons. The Morgan fingerprint density at radius 1 is 1.00 bits per heavy atom. The second kappa shape index (κ2) is 8.91. The molecule has 0 amide bonds. The van der Waals surface area contributed by atoms with Gasteiger partial charge in [0.2, 0.25) is 11.6 Å². The lowest BCUT2D eigenvalue weighted by molar-refractivity contribution is -0.383. The van der Waals surface area contributed by atoms with Crippen LogP contribution in [0.25, 0.3) is 0 Å². The van der Waals surface area contributed by atoms with Crippen LogP contribution < -0.4 is 10.6 Å². The minimum atomic E-state index is -0.702. The summed E-state index contributed by atoms with van der Waals surface area (Å²) >= 11 is 1.23. The summed E-state index contributed by atoms with van der Waals surface area (Å²) in [5.74, 6) is -1.64. The molecule has 0 aliphatic carbocycles. The first kappa shape index (κ1) is 20.6. The smallest absolute Gasteiger partial charge is 0.353 e. The average Bonchev–Trinajstić information content (AvgIpc) is 3.25. The third kappa shape index (κ3) is 4.47. The summed E-state index contributed by atoms with van der Waals surface area (Å²) in [7, 11) is 2.37. The number of rotatable bonds is 7. The molecule has 3 rings (SSSR count). The second-order valence-electron chi connectivity index (χ2n) is 5.55. The zero-order valence-electron chi connectivity index (χ0n) is 15.6. The predicted molar refractivity (Wildman–Crippen MR) is 106 cm³/mol. The standard InChI is InChI=1S/C17H14N6O6S/c1-28-15(24)9-5-10(16(25)29-2)7-11(6-9)21-13-12(23(26)27)14(20-8-19-13)22-17-18-3-4-30-17/h3-8H,1-2H3,(H2,18,19,20,21,22). The van der Waals surface area contributed by atoms with E-state index in [1.54, 1.807) is 5.38 Å². The normalized spacial score (nSPS) is 10.2.